The maximum atomic E-state index is 13.7. The first-order valence-electron chi connectivity index (χ1n) is 8.15. The van der Waals surface area contributed by atoms with Crippen LogP contribution in [0.15, 0.2) is 24.3 Å². The average Bonchev–Trinajstić information content (AvgIpc) is 3.20. The molecule has 0 radical (unpaired) electrons. The lowest BCUT2D eigenvalue weighted by molar-refractivity contribution is -0.129. The van der Waals surface area contributed by atoms with E-state index in [1.54, 1.807) is 18.2 Å². The second kappa shape index (κ2) is 7.72. The van der Waals surface area contributed by atoms with E-state index >= 15 is 0 Å². The normalized spacial score (nSPS) is 21.5. The molecule has 3 rings (SSSR count). The Kier molecular flexibility index (Phi) is 5.42. The zero-order chi connectivity index (χ0) is 16.9. The SMILES string of the molecule is O=C(NCCC1OCCO1)C1CC(=O)N(Cc2ccccc2F)C1. The fourth-order valence-electron chi connectivity index (χ4n) is 2.96. The van der Waals surface area contributed by atoms with Crippen molar-refractivity contribution in [2.75, 3.05) is 26.3 Å². The zero-order valence-corrected chi connectivity index (χ0v) is 13.4. The summed E-state index contributed by atoms with van der Waals surface area (Å²) in [5, 5.41) is 2.82. The van der Waals surface area contributed by atoms with Gasteiger partial charge < -0.3 is 19.7 Å². The van der Waals surface area contributed by atoms with Crippen LogP contribution in [0.1, 0.15) is 18.4 Å². The minimum absolute atomic E-state index is 0.124. The van der Waals surface area contributed by atoms with Crippen LogP contribution in [0, 0.1) is 11.7 Å². The zero-order valence-electron chi connectivity index (χ0n) is 13.4. The molecule has 2 fully saturated rings. The van der Waals surface area contributed by atoms with Crippen molar-refractivity contribution in [3.8, 4) is 0 Å². The van der Waals surface area contributed by atoms with Crippen LogP contribution < -0.4 is 5.32 Å². The van der Waals surface area contributed by atoms with E-state index in [-0.39, 0.29) is 36.9 Å². The highest BCUT2D eigenvalue weighted by molar-refractivity contribution is 5.89. The van der Waals surface area contributed by atoms with Crippen LogP contribution in [0.3, 0.4) is 0 Å². The molecule has 0 saturated carbocycles. The van der Waals surface area contributed by atoms with Gasteiger partial charge in [-0.05, 0) is 6.07 Å². The van der Waals surface area contributed by atoms with Gasteiger partial charge in [0.2, 0.25) is 11.8 Å². The molecule has 24 heavy (non-hydrogen) atoms. The van der Waals surface area contributed by atoms with Crippen molar-refractivity contribution >= 4 is 11.8 Å². The third-order valence-corrected chi connectivity index (χ3v) is 4.27. The summed E-state index contributed by atoms with van der Waals surface area (Å²) < 4.78 is 24.3. The number of hydrogen-bond acceptors (Lipinski definition) is 4. The minimum Gasteiger partial charge on any atom is -0.356 e. The highest BCUT2D eigenvalue weighted by Crippen LogP contribution is 2.21. The van der Waals surface area contributed by atoms with Crippen LogP contribution in [-0.2, 0) is 25.6 Å². The lowest BCUT2D eigenvalue weighted by Crippen LogP contribution is -2.34. The largest absolute Gasteiger partial charge is 0.356 e. The molecular formula is C17H21FN2O4. The molecule has 0 bridgehead atoms. The van der Waals surface area contributed by atoms with Crippen molar-refractivity contribution in [2.45, 2.75) is 25.7 Å². The molecule has 2 heterocycles. The van der Waals surface area contributed by atoms with E-state index in [0.717, 1.165) is 0 Å². The van der Waals surface area contributed by atoms with Crippen molar-refractivity contribution in [2.24, 2.45) is 5.92 Å². The Morgan fingerprint density at radius 1 is 1.29 bits per heavy atom. The smallest absolute Gasteiger partial charge is 0.225 e. The van der Waals surface area contributed by atoms with Crippen molar-refractivity contribution in [3.05, 3.63) is 35.6 Å². The third kappa shape index (κ3) is 4.10. The number of hydrogen-bond donors (Lipinski definition) is 1. The number of carbonyl (C=O) groups excluding carboxylic acids is 2. The Morgan fingerprint density at radius 3 is 2.79 bits per heavy atom. The Balaban J connectivity index is 1.46. The van der Waals surface area contributed by atoms with Gasteiger partial charge in [-0.15, -0.1) is 0 Å². The molecule has 1 atom stereocenters. The number of halogens is 1. The van der Waals surface area contributed by atoms with Gasteiger partial charge in [0.05, 0.1) is 19.1 Å². The predicted molar refractivity (Wildman–Crippen MR) is 83.2 cm³/mol. The van der Waals surface area contributed by atoms with Gasteiger partial charge in [-0.2, -0.15) is 0 Å². The maximum absolute atomic E-state index is 13.7. The molecule has 1 N–H and O–H groups in total. The second-order valence-electron chi connectivity index (χ2n) is 6.02. The molecule has 1 aromatic rings. The summed E-state index contributed by atoms with van der Waals surface area (Å²) in [7, 11) is 0. The van der Waals surface area contributed by atoms with Crippen LogP contribution in [-0.4, -0.2) is 49.3 Å². The van der Waals surface area contributed by atoms with E-state index in [9.17, 15) is 14.0 Å². The standard InChI is InChI=1S/C17H21FN2O4/c18-14-4-2-1-3-12(14)10-20-11-13(9-15(20)21)17(22)19-6-5-16-23-7-8-24-16/h1-4,13,16H,5-11H2,(H,19,22). The van der Waals surface area contributed by atoms with E-state index in [0.29, 0.717) is 38.3 Å². The summed E-state index contributed by atoms with van der Waals surface area (Å²) in [6, 6.07) is 6.36. The molecular weight excluding hydrogens is 315 g/mol. The van der Waals surface area contributed by atoms with E-state index < -0.39 is 5.92 Å². The maximum Gasteiger partial charge on any atom is 0.225 e. The molecule has 0 spiro atoms. The fraction of sp³-hybridized carbons (Fsp3) is 0.529. The van der Waals surface area contributed by atoms with E-state index in [2.05, 4.69) is 5.32 Å². The number of benzene rings is 1. The lowest BCUT2D eigenvalue weighted by Gasteiger charge is -2.17. The highest BCUT2D eigenvalue weighted by Gasteiger charge is 2.34. The van der Waals surface area contributed by atoms with Crippen molar-refractivity contribution < 1.29 is 23.5 Å². The van der Waals surface area contributed by atoms with Gasteiger partial charge in [-0.25, -0.2) is 4.39 Å². The monoisotopic (exact) mass is 336 g/mol. The first kappa shape index (κ1) is 16.9. The molecule has 6 nitrogen and oxygen atoms in total. The lowest BCUT2D eigenvalue weighted by atomic mass is 10.1. The third-order valence-electron chi connectivity index (χ3n) is 4.27. The molecule has 2 aliphatic heterocycles. The summed E-state index contributed by atoms with van der Waals surface area (Å²) in [6.45, 7) is 2.12. The first-order valence-corrected chi connectivity index (χ1v) is 8.15. The average molecular weight is 336 g/mol. The Bertz CT molecular complexity index is 604. The Morgan fingerprint density at radius 2 is 2.04 bits per heavy atom. The quantitative estimate of drug-likeness (QED) is 0.843. The molecule has 1 aromatic carbocycles. The van der Waals surface area contributed by atoms with Crippen LogP contribution in [0.4, 0.5) is 4.39 Å². The van der Waals surface area contributed by atoms with Crippen molar-refractivity contribution in [1.29, 1.82) is 0 Å². The van der Waals surface area contributed by atoms with Crippen LogP contribution in [0.25, 0.3) is 0 Å². The Hall–Kier alpha value is -1.99. The van der Waals surface area contributed by atoms with Crippen LogP contribution in [0.5, 0.6) is 0 Å². The van der Waals surface area contributed by atoms with Crippen molar-refractivity contribution in [1.82, 2.24) is 10.2 Å². The van der Waals surface area contributed by atoms with E-state index in [4.69, 9.17) is 9.47 Å². The number of carbonyl (C=O) groups is 2. The van der Waals surface area contributed by atoms with Gasteiger partial charge in [0.1, 0.15) is 5.82 Å². The van der Waals surface area contributed by atoms with Gasteiger partial charge >= 0.3 is 0 Å². The summed E-state index contributed by atoms with van der Waals surface area (Å²) in [6.07, 6.45) is 0.496. The van der Waals surface area contributed by atoms with Gasteiger partial charge in [0, 0.05) is 38.0 Å². The summed E-state index contributed by atoms with van der Waals surface area (Å²) in [5.74, 6) is -1.01. The van der Waals surface area contributed by atoms with Crippen LogP contribution in [0.2, 0.25) is 0 Å². The van der Waals surface area contributed by atoms with E-state index in [1.807, 2.05) is 0 Å². The molecule has 1 unspecified atom stereocenters. The molecule has 0 aromatic heterocycles. The number of rotatable bonds is 6. The van der Waals surface area contributed by atoms with Gasteiger partial charge in [-0.1, -0.05) is 18.2 Å². The van der Waals surface area contributed by atoms with E-state index in [1.165, 1.54) is 11.0 Å². The predicted octanol–water partition coefficient (Wildman–Crippen LogP) is 1.05. The topological polar surface area (TPSA) is 67.9 Å². The molecule has 2 amide bonds. The Labute approximate surface area is 139 Å². The number of ether oxygens (including phenoxy) is 2. The van der Waals surface area contributed by atoms with Crippen molar-refractivity contribution in [3.63, 3.8) is 0 Å². The number of nitrogens with zero attached hydrogens (tertiary/aromatic N) is 1. The van der Waals surface area contributed by atoms with Crippen LogP contribution >= 0.6 is 0 Å². The highest BCUT2D eigenvalue weighted by atomic mass is 19.1. The fourth-order valence-corrected chi connectivity index (χ4v) is 2.96. The number of amides is 2. The molecule has 130 valence electrons. The molecule has 2 saturated heterocycles. The molecule has 2 aliphatic rings. The molecule has 0 aliphatic carbocycles. The van der Waals surface area contributed by atoms with Gasteiger partial charge in [-0.3, -0.25) is 9.59 Å². The second-order valence-corrected chi connectivity index (χ2v) is 6.02. The number of nitrogens with one attached hydrogen (secondary N) is 1. The molecule has 7 heteroatoms. The summed E-state index contributed by atoms with van der Waals surface area (Å²) >= 11 is 0. The minimum atomic E-state index is -0.394. The van der Waals surface area contributed by atoms with Gasteiger partial charge in [0.25, 0.3) is 0 Å². The first-order chi connectivity index (χ1) is 11.6. The summed E-state index contributed by atoms with van der Waals surface area (Å²) in [5.41, 5.74) is 0.461. The van der Waals surface area contributed by atoms with Gasteiger partial charge in [0.15, 0.2) is 6.29 Å². The number of likely N-dealkylation sites (tertiary alicyclic amines) is 1. The summed E-state index contributed by atoms with van der Waals surface area (Å²) in [4.78, 5) is 25.8.